The summed E-state index contributed by atoms with van der Waals surface area (Å²) in [6.45, 7) is 8.88. The van der Waals surface area contributed by atoms with E-state index in [0.717, 1.165) is 5.57 Å². The van der Waals surface area contributed by atoms with Gasteiger partial charge in [-0.25, -0.2) is 0 Å². The van der Waals surface area contributed by atoms with Crippen LogP contribution in [-0.2, 0) is 0 Å². The van der Waals surface area contributed by atoms with Crippen LogP contribution < -0.4 is 0 Å². The van der Waals surface area contributed by atoms with Crippen molar-refractivity contribution < 1.29 is 0 Å². The summed E-state index contributed by atoms with van der Waals surface area (Å²) in [6, 6.07) is 26.3. The first kappa shape index (κ1) is 16.4. The van der Waals surface area contributed by atoms with Crippen LogP contribution in [0.3, 0.4) is 0 Å². The minimum atomic E-state index is 1.13. The second kappa shape index (κ2) is 6.14. The number of rotatable bonds is 1. The van der Waals surface area contributed by atoms with Gasteiger partial charge < -0.3 is 0 Å². The second-order valence-corrected chi connectivity index (χ2v) is 8.26. The minimum Gasteiger partial charge on any atom is -0.0905 e. The van der Waals surface area contributed by atoms with Crippen LogP contribution in [0.15, 0.2) is 89.2 Å². The highest BCUT2D eigenvalue weighted by molar-refractivity contribution is 7.99. The summed E-state index contributed by atoms with van der Waals surface area (Å²) >= 11 is 1.88. The predicted molar refractivity (Wildman–Crippen MR) is 118 cm³/mol. The summed E-state index contributed by atoms with van der Waals surface area (Å²) in [4.78, 5) is 2.64. The number of fused-ring (bicyclic) bond motifs is 3. The molecule has 0 saturated heterocycles. The molecule has 0 amide bonds. The number of benzene rings is 4. The Morgan fingerprint density at radius 2 is 1.33 bits per heavy atom. The van der Waals surface area contributed by atoms with Gasteiger partial charge in [0.2, 0.25) is 0 Å². The molecular formula is C26H20S. The summed E-state index contributed by atoms with van der Waals surface area (Å²) < 4.78 is 0. The second-order valence-electron chi connectivity index (χ2n) is 7.21. The van der Waals surface area contributed by atoms with E-state index in [1.165, 1.54) is 53.9 Å². The molecule has 4 aromatic rings. The smallest absolute Gasteiger partial charge is 0.0236 e. The van der Waals surface area contributed by atoms with Crippen molar-refractivity contribution in [1.29, 1.82) is 0 Å². The SMILES string of the molecule is C=C1c2cc3ccccc3cc2Sc2c1ccc(-c1ccccc1C)c2C. The summed E-state index contributed by atoms with van der Waals surface area (Å²) in [5, 5.41) is 2.56. The van der Waals surface area contributed by atoms with Gasteiger partial charge in [0.15, 0.2) is 0 Å². The highest BCUT2D eigenvalue weighted by Crippen LogP contribution is 2.49. The topological polar surface area (TPSA) is 0 Å². The Labute approximate surface area is 164 Å². The van der Waals surface area contributed by atoms with Crippen molar-refractivity contribution in [2.45, 2.75) is 23.6 Å². The van der Waals surface area contributed by atoms with Gasteiger partial charge in [0, 0.05) is 9.79 Å². The molecule has 27 heavy (non-hydrogen) atoms. The zero-order chi connectivity index (χ0) is 18.5. The lowest BCUT2D eigenvalue weighted by Crippen LogP contribution is -2.01. The van der Waals surface area contributed by atoms with Gasteiger partial charge in [-0.05, 0) is 75.7 Å². The maximum atomic E-state index is 4.45. The molecule has 1 aliphatic rings. The van der Waals surface area contributed by atoms with Crippen LogP contribution in [0.25, 0.3) is 27.5 Å². The largest absolute Gasteiger partial charge is 0.0905 e. The van der Waals surface area contributed by atoms with E-state index in [2.05, 4.69) is 93.2 Å². The molecular weight excluding hydrogens is 344 g/mol. The van der Waals surface area contributed by atoms with Crippen LogP contribution in [0.1, 0.15) is 22.3 Å². The summed E-state index contributed by atoms with van der Waals surface area (Å²) in [6.07, 6.45) is 0. The van der Waals surface area contributed by atoms with E-state index in [1.54, 1.807) is 0 Å². The van der Waals surface area contributed by atoms with E-state index in [4.69, 9.17) is 0 Å². The quantitative estimate of drug-likeness (QED) is 0.294. The predicted octanol–water partition coefficient (Wildman–Crippen LogP) is 7.65. The van der Waals surface area contributed by atoms with E-state index in [9.17, 15) is 0 Å². The van der Waals surface area contributed by atoms with E-state index in [1.807, 2.05) is 11.8 Å². The molecule has 0 spiro atoms. The molecule has 0 fully saturated rings. The van der Waals surface area contributed by atoms with Gasteiger partial charge in [-0.15, -0.1) is 0 Å². The first-order valence-corrected chi connectivity index (χ1v) is 10.0. The van der Waals surface area contributed by atoms with Gasteiger partial charge in [0.05, 0.1) is 0 Å². The van der Waals surface area contributed by atoms with Crippen molar-refractivity contribution in [3.8, 4) is 11.1 Å². The molecule has 4 aromatic carbocycles. The minimum absolute atomic E-state index is 1.13. The molecule has 0 saturated carbocycles. The van der Waals surface area contributed by atoms with Crippen LogP contribution in [-0.4, -0.2) is 0 Å². The molecule has 1 heterocycles. The van der Waals surface area contributed by atoms with Crippen LogP contribution in [0.4, 0.5) is 0 Å². The van der Waals surface area contributed by atoms with Crippen molar-refractivity contribution in [3.05, 3.63) is 102 Å². The molecule has 5 rings (SSSR count). The van der Waals surface area contributed by atoms with Crippen molar-refractivity contribution in [2.24, 2.45) is 0 Å². The molecule has 0 aromatic heterocycles. The Bertz CT molecular complexity index is 1230. The van der Waals surface area contributed by atoms with E-state index < -0.39 is 0 Å². The molecule has 0 radical (unpaired) electrons. The molecule has 0 nitrogen and oxygen atoms in total. The maximum absolute atomic E-state index is 4.45. The van der Waals surface area contributed by atoms with Gasteiger partial charge >= 0.3 is 0 Å². The van der Waals surface area contributed by atoms with Crippen LogP contribution in [0.5, 0.6) is 0 Å². The first-order chi connectivity index (χ1) is 13.1. The highest BCUT2D eigenvalue weighted by atomic mass is 32.2. The van der Waals surface area contributed by atoms with Crippen LogP contribution in [0, 0.1) is 13.8 Å². The van der Waals surface area contributed by atoms with Gasteiger partial charge in [0.25, 0.3) is 0 Å². The summed E-state index contributed by atoms with van der Waals surface area (Å²) in [7, 11) is 0. The van der Waals surface area contributed by atoms with Crippen molar-refractivity contribution in [1.82, 2.24) is 0 Å². The fourth-order valence-corrected chi connectivity index (χ4v) is 5.28. The fraction of sp³-hybridized carbons (Fsp3) is 0.0769. The lowest BCUT2D eigenvalue weighted by Gasteiger charge is -2.25. The summed E-state index contributed by atoms with van der Waals surface area (Å²) in [5.41, 5.74) is 8.93. The molecule has 130 valence electrons. The Kier molecular flexibility index (Phi) is 3.73. The Hall–Kier alpha value is -2.77. The molecule has 0 atom stereocenters. The first-order valence-electron chi connectivity index (χ1n) is 9.23. The molecule has 1 aliphatic heterocycles. The van der Waals surface area contributed by atoms with E-state index >= 15 is 0 Å². The number of aryl methyl sites for hydroxylation is 1. The third-order valence-electron chi connectivity index (χ3n) is 5.55. The molecule has 1 heteroatoms. The monoisotopic (exact) mass is 364 g/mol. The highest BCUT2D eigenvalue weighted by Gasteiger charge is 2.23. The fourth-order valence-electron chi connectivity index (χ4n) is 4.02. The third kappa shape index (κ3) is 2.54. The standard InChI is InChI=1S/C26H20S/c1-16-8-4-7-11-21(16)22-12-13-23-17(2)24-14-19-9-5-6-10-20(19)15-25(24)27-26(23)18(22)3/h4-15H,2H2,1,3H3. The molecule has 0 aliphatic carbocycles. The number of hydrogen-bond acceptors (Lipinski definition) is 1. The Morgan fingerprint density at radius 1 is 0.667 bits per heavy atom. The van der Waals surface area contributed by atoms with Crippen molar-refractivity contribution >= 4 is 28.1 Å². The lowest BCUT2D eigenvalue weighted by molar-refractivity contribution is 1.23. The van der Waals surface area contributed by atoms with Gasteiger partial charge in [-0.1, -0.05) is 79.0 Å². The van der Waals surface area contributed by atoms with Crippen molar-refractivity contribution in [3.63, 3.8) is 0 Å². The average molecular weight is 365 g/mol. The summed E-state index contributed by atoms with van der Waals surface area (Å²) in [5.74, 6) is 0. The van der Waals surface area contributed by atoms with Crippen molar-refractivity contribution in [2.75, 3.05) is 0 Å². The average Bonchev–Trinajstić information content (AvgIpc) is 2.69. The molecule has 0 unspecified atom stereocenters. The zero-order valence-corrected chi connectivity index (χ0v) is 16.4. The van der Waals surface area contributed by atoms with Crippen LogP contribution >= 0.6 is 11.8 Å². The normalized spacial score (nSPS) is 12.7. The molecule has 0 N–H and O–H groups in total. The van der Waals surface area contributed by atoms with E-state index in [-0.39, 0.29) is 0 Å². The van der Waals surface area contributed by atoms with Gasteiger partial charge in [-0.3, -0.25) is 0 Å². The van der Waals surface area contributed by atoms with E-state index in [0.29, 0.717) is 0 Å². The Morgan fingerprint density at radius 3 is 2.11 bits per heavy atom. The zero-order valence-electron chi connectivity index (χ0n) is 15.5. The lowest BCUT2D eigenvalue weighted by atomic mass is 9.90. The van der Waals surface area contributed by atoms with Gasteiger partial charge in [-0.2, -0.15) is 0 Å². The Balaban J connectivity index is 1.71. The van der Waals surface area contributed by atoms with Crippen LogP contribution in [0.2, 0.25) is 0 Å². The maximum Gasteiger partial charge on any atom is 0.0236 e. The number of hydrogen-bond donors (Lipinski definition) is 0. The molecule has 0 bridgehead atoms. The third-order valence-corrected chi connectivity index (χ3v) is 6.84. The van der Waals surface area contributed by atoms with Gasteiger partial charge in [0.1, 0.15) is 0 Å².